The standard InChI is InChI=1S/C21H27ClN4O3/c1-2-29-20(28)21(13-17-6-3-7-18(22)12-17)9-5-10-25(14-21)19(27)8-4-11-26-16-23-15-24-26/h3,6-7,12,15-16H,2,4-5,8-11,13-14H2,1H3. The van der Waals surface area contributed by atoms with Crippen molar-refractivity contribution >= 4 is 23.5 Å². The Morgan fingerprint density at radius 3 is 2.93 bits per heavy atom. The number of aromatic nitrogens is 3. The third-order valence-corrected chi connectivity index (χ3v) is 5.55. The van der Waals surface area contributed by atoms with E-state index in [2.05, 4.69) is 10.1 Å². The molecule has 0 saturated carbocycles. The third kappa shape index (κ3) is 5.56. The lowest BCUT2D eigenvalue weighted by molar-refractivity contribution is -0.160. The van der Waals surface area contributed by atoms with Crippen LogP contribution in [-0.2, 0) is 27.3 Å². The molecule has 1 aliphatic heterocycles. The summed E-state index contributed by atoms with van der Waals surface area (Å²) in [5.74, 6) is -0.176. The first kappa shape index (κ1) is 21.3. The number of carbonyl (C=O) groups is 2. The summed E-state index contributed by atoms with van der Waals surface area (Å²) in [6.07, 6.45) is 6.19. The Morgan fingerprint density at radius 2 is 2.21 bits per heavy atom. The van der Waals surface area contributed by atoms with E-state index >= 15 is 0 Å². The van der Waals surface area contributed by atoms with E-state index in [-0.39, 0.29) is 11.9 Å². The lowest BCUT2D eigenvalue weighted by Gasteiger charge is -2.41. The van der Waals surface area contributed by atoms with Crippen molar-refractivity contribution in [3.63, 3.8) is 0 Å². The second-order valence-electron chi connectivity index (χ2n) is 7.49. The summed E-state index contributed by atoms with van der Waals surface area (Å²) < 4.78 is 7.13. The summed E-state index contributed by atoms with van der Waals surface area (Å²) in [5.41, 5.74) is 0.242. The zero-order valence-electron chi connectivity index (χ0n) is 16.7. The van der Waals surface area contributed by atoms with E-state index < -0.39 is 5.41 Å². The highest BCUT2D eigenvalue weighted by Gasteiger charge is 2.44. The Kier molecular flexibility index (Phi) is 7.25. The Bertz CT molecular complexity index is 827. The van der Waals surface area contributed by atoms with Crippen molar-refractivity contribution in [3.05, 3.63) is 47.5 Å². The fourth-order valence-corrected chi connectivity index (χ4v) is 4.16. The second kappa shape index (κ2) is 9.87. The van der Waals surface area contributed by atoms with Gasteiger partial charge in [-0.05, 0) is 50.3 Å². The van der Waals surface area contributed by atoms with Gasteiger partial charge in [-0.2, -0.15) is 5.10 Å². The first-order valence-electron chi connectivity index (χ1n) is 10.0. The number of likely N-dealkylation sites (tertiary alicyclic amines) is 1. The predicted octanol–water partition coefficient (Wildman–Crippen LogP) is 3.13. The molecule has 1 amide bonds. The Morgan fingerprint density at radius 1 is 1.34 bits per heavy atom. The number of esters is 1. The summed E-state index contributed by atoms with van der Waals surface area (Å²) in [6.45, 7) is 3.81. The second-order valence-corrected chi connectivity index (χ2v) is 7.92. The summed E-state index contributed by atoms with van der Waals surface area (Å²) in [4.78, 5) is 31.5. The van der Waals surface area contributed by atoms with Gasteiger partial charge < -0.3 is 9.64 Å². The van der Waals surface area contributed by atoms with Crippen LogP contribution in [-0.4, -0.2) is 51.2 Å². The third-order valence-electron chi connectivity index (χ3n) is 5.31. The highest BCUT2D eigenvalue weighted by atomic mass is 35.5. The molecule has 0 radical (unpaired) electrons. The number of hydrogen-bond acceptors (Lipinski definition) is 5. The SMILES string of the molecule is CCOC(=O)C1(Cc2cccc(Cl)c2)CCCN(C(=O)CCCn2cncn2)C1. The molecule has 1 atom stereocenters. The Hall–Kier alpha value is -2.41. The molecule has 7 nitrogen and oxygen atoms in total. The number of carbonyl (C=O) groups excluding carboxylic acids is 2. The van der Waals surface area contributed by atoms with E-state index in [9.17, 15) is 9.59 Å². The first-order valence-corrected chi connectivity index (χ1v) is 10.4. The molecule has 0 aliphatic carbocycles. The lowest BCUT2D eigenvalue weighted by atomic mass is 9.75. The minimum Gasteiger partial charge on any atom is -0.466 e. The monoisotopic (exact) mass is 418 g/mol. The highest BCUT2D eigenvalue weighted by Crippen LogP contribution is 2.36. The van der Waals surface area contributed by atoms with Crippen molar-refractivity contribution in [2.24, 2.45) is 5.41 Å². The van der Waals surface area contributed by atoms with Crippen LogP contribution >= 0.6 is 11.6 Å². The average molecular weight is 419 g/mol. The van der Waals surface area contributed by atoms with Crippen LogP contribution in [0.25, 0.3) is 0 Å². The van der Waals surface area contributed by atoms with E-state index in [1.165, 1.54) is 6.33 Å². The molecule has 0 bridgehead atoms. The van der Waals surface area contributed by atoms with Crippen LogP contribution in [0.15, 0.2) is 36.9 Å². The molecule has 29 heavy (non-hydrogen) atoms. The number of ether oxygens (including phenoxy) is 1. The van der Waals surface area contributed by atoms with E-state index in [1.54, 1.807) is 17.9 Å². The summed E-state index contributed by atoms with van der Waals surface area (Å²) in [5, 5.41) is 4.69. The van der Waals surface area contributed by atoms with Crippen LogP contribution in [0.5, 0.6) is 0 Å². The maximum atomic E-state index is 12.9. The van der Waals surface area contributed by atoms with Crippen molar-refractivity contribution < 1.29 is 14.3 Å². The van der Waals surface area contributed by atoms with Gasteiger partial charge in [0, 0.05) is 31.1 Å². The van der Waals surface area contributed by atoms with Gasteiger partial charge in [0.15, 0.2) is 0 Å². The number of piperidine rings is 1. The van der Waals surface area contributed by atoms with Crippen LogP contribution in [0, 0.1) is 5.41 Å². The van der Waals surface area contributed by atoms with Gasteiger partial charge in [-0.25, -0.2) is 4.98 Å². The van der Waals surface area contributed by atoms with Gasteiger partial charge in [-0.1, -0.05) is 23.7 Å². The van der Waals surface area contributed by atoms with Crippen LogP contribution in [0.4, 0.5) is 0 Å². The lowest BCUT2D eigenvalue weighted by Crippen LogP contribution is -2.51. The number of halogens is 1. The van der Waals surface area contributed by atoms with Crippen molar-refractivity contribution in [3.8, 4) is 0 Å². The molecule has 1 saturated heterocycles. The number of hydrogen-bond donors (Lipinski definition) is 0. The maximum absolute atomic E-state index is 12.9. The molecule has 1 aliphatic rings. The van der Waals surface area contributed by atoms with Crippen LogP contribution < -0.4 is 0 Å². The molecule has 0 N–H and O–H groups in total. The molecule has 0 spiro atoms. The van der Waals surface area contributed by atoms with Gasteiger partial charge in [0.2, 0.25) is 5.91 Å². The normalized spacial score (nSPS) is 19.2. The summed E-state index contributed by atoms with van der Waals surface area (Å²) in [6, 6.07) is 7.54. The fraction of sp³-hybridized carbons (Fsp3) is 0.524. The molecule has 1 aromatic heterocycles. The maximum Gasteiger partial charge on any atom is 0.314 e. The van der Waals surface area contributed by atoms with E-state index in [0.717, 1.165) is 12.0 Å². The number of nitrogens with zero attached hydrogens (tertiary/aromatic N) is 4. The summed E-state index contributed by atoms with van der Waals surface area (Å²) in [7, 11) is 0. The van der Waals surface area contributed by atoms with Gasteiger partial charge in [-0.3, -0.25) is 14.3 Å². The van der Waals surface area contributed by atoms with Gasteiger partial charge in [0.1, 0.15) is 12.7 Å². The van der Waals surface area contributed by atoms with Gasteiger partial charge >= 0.3 is 5.97 Å². The molecule has 156 valence electrons. The molecule has 8 heteroatoms. The largest absolute Gasteiger partial charge is 0.466 e. The summed E-state index contributed by atoms with van der Waals surface area (Å²) >= 11 is 6.14. The van der Waals surface area contributed by atoms with Crippen molar-refractivity contribution in [1.82, 2.24) is 19.7 Å². The minimum atomic E-state index is -0.736. The van der Waals surface area contributed by atoms with Crippen molar-refractivity contribution in [2.75, 3.05) is 19.7 Å². The number of aryl methyl sites for hydroxylation is 1. The fourth-order valence-electron chi connectivity index (χ4n) is 3.95. The Labute approximate surface area is 176 Å². The van der Waals surface area contributed by atoms with E-state index in [1.807, 2.05) is 29.2 Å². The molecule has 2 heterocycles. The van der Waals surface area contributed by atoms with E-state index in [0.29, 0.717) is 56.9 Å². The molecule has 1 fully saturated rings. The smallest absolute Gasteiger partial charge is 0.314 e. The minimum absolute atomic E-state index is 0.0598. The zero-order valence-corrected chi connectivity index (χ0v) is 17.5. The zero-order chi connectivity index (χ0) is 20.7. The predicted molar refractivity (Wildman–Crippen MR) is 109 cm³/mol. The highest BCUT2D eigenvalue weighted by molar-refractivity contribution is 6.30. The van der Waals surface area contributed by atoms with Gasteiger partial charge in [0.25, 0.3) is 0 Å². The molecular weight excluding hydrogens is 392 g/mol. The molecule has 3 rings (SSSR count). The Balaban J connectivity index is 1.68. The number of amides is 1. The molecule has 2 aromatic rings. The van der Waals surface area contributed by atoms with Crippen molar-refractivity contribution in [1.29, 1.82) is 0 Å². The van der Waals surface area contributed by atoms with Crippen LogP contribution in [0.1, 0.15) is 38.2 Å². The van der Waals surface area contributed by atoms with E-state index in [4.69, 9.17) is 16.3 Å². The van der Waals surface area contributed by atoms with Crippen LogP contribution in [0.2, 0.25) is 5.02 Å². The number of rotatable bonds is 8. The number of benzene rings is 1. The van der Waals surface area contributed by atoms with Crippen LogP contribution in [0.3, 0.4) is 0 Å². The van der Waals surface area contributed by atoms with Gasteiger partial charge in [-0.15, -0.1) is 0 Å². The molecule has 1 aromatic carbocycles. The molecular formula is C21H27ClN4O3. The first-order chi connectivity index (χ1) is 14.0. The molecule has 1 unspecified atom stereocenters. The van der Waals surface area contributed by atoms with Gasteiger partial charge in [0.05, 0.1) is 12.0 Å². The average Bonchev–Trinajstić information content (AvgIpc) is 3.22. The van der Waals surface area contributed by atoms with Crippen molar-refractivity contribution in [2.45, 2.75) is 45.6 Å². The topological polar surface area (TPSA) is 77.3 Å². The quantitative estimate of drug-likeness (QED) is 0.615.